The largest absolute Gasteiger partial charge is 0.241 e. The van der Waals surface area contributed by atoms with Crippen LogP contribution < -0.4 is 0 Å². The summed E-state index contributed by atoms with van der Waals surface area (Å²) in [5, 5.41) is 2.52. The van der Waals surface area contributed by atoms with E-state index in [-0.39, 0.29) is 0 Å². The lowest BCUT2D eigenvalue weighted by Gasteiger charge is -2.07. The van der Waals surface area contributed by atoms with Gasteiger partial charge in [-0.25, -0.2) is 13.8 Å². The minimum atomic E-state index is -0.577. The molecular weight excluding hydrogens is 427 g/mol. The molecule has 0 saturated heterocycles. The van der Waals surface area contributed by atoms with Crippen LogP contribution in [0.3, 0.4) is 0 Å². The maximum Gasteiger partial charge on any atom is 0.136 e. The second-order valence-corrected chi connectivity index (χ2v) is 7.49. The van der Waals surface area contributed by atoms with Crippen LogP contribution in [0.4, 0.5) is 8.78 Å². The third-order valence-corrected chi connectivity index (χ3v) is 5.79. The molecule has 1 nitrogen and oxygen atoms in total. The van der Waals surface area contributed by atoms with Gasteiger partial charge in [0.1, 0.15) is 16.6 Å². The first-order chi connectivity index (χ1) is 10.9. The fraction of sp³-hybridized carbons (Fsp3) is 0.167. The summed E-state index contributed by atoms with van der Waals surface area (Å²) >= 11 is 3.71. The zero-order valence-electron chi connectivity index (χ0n) is 12.7. The first-order valence-electron chi connectivity index (χ1n) is 7.09. The van der Waals surface area contributed by atoms with Gasteiger partial charge in [-0.3, -0.25) is 0 Å². The van der Waals surface area contributed by atoms with Crippen molar-refractivity contribution in [2.24, 2.45) is 0 Å². The van der Waals surface area contributed by atoms with Crippen LogP contribution in [0.15, 0.2) is 35.7 Å². The normalized spacial score (nSPS) is 11.0. The van der Waals surface area contributed by atoms with Gasteiger partial charge < -0.3 is 0 Å². The number of hydrogen-bond donors (Lipinski definition) is 0. The molecule has 0 spiro atoms. The summed E-state index contributed by atoms with van der Waals surface area (Å²) in [6, 6.07) is 7.93. The highest BCUT2D eigenvalue weighted by atomic mass is 127. The van der Waals surface area contributed by atoms with Gasteiger partial charge in [-0.05, 0) is 71.3 Å². The van der Waals surface area contributed by atoms with E-state index in [0.717, 1.165) is 11.8 Å². The molecule has 0 radical (unpaired) electrons. The highest BCUT2D eigenvalue weighted by molar-refractivity contribution is 14.1. The average Bonchev–Trinajstić information content (AvgIpc) is 2.93. The van der Waals surface area contributed by atoms with Crippen LogP contribution in [0, 0.1) is 29.1 Å². The van der Waals surface area contributed by atoms with Crippen molar-refractivity contribution in [2.45, 2.75) is 20.3 Å². The van der Waals surface area contributed by atoms with Crippen LogP contribution in [0.1, 0.15) is 22.4 Å². The van der Waals surface area contributed by atoms with Gasteiger partial charge in [0.2, 0.25) is 0 Å². The van der Waals surface area contributed by atoms with E-state index in [1.807, 2.05) is 5.38 Å². The zero-order chi connectivity index (χ0) is 16.6. The topological polar surface area (TPSA) is 12.9 Å². The lowest BCUT2D eigenvalue weighted by atomic mass is 10.0. The van der Waals surface area contributed by atoms with Crippen molar-refractivity contribution < 1.29 is 8.78 Å². The molecule has 0 amide bonds. The monoisotopic (exact) mass is 441 g/mol. The second kappa shape index (κ2) is 6.65. The fourth-order valence-corrected chi connectivity index (χ4v) is 3.87. The molecule has 1 aromatic heterocycles. The van der Waals surface area contributed by atoms with Crippen molar-refractivity contribution >= 4 is 33.9 Å². The van der Waals surface area contributed by atoms with E-state index in [9.17, 15) is 8.78 Å². The van der Waals surface area contributed by atoms with Gasteiger partial charge in [-0.1, -0.05) is 6.07 Å². The maximum absolute atomic E-state index is 13.9. The summed E-state index contributed by atoms with van der Waals surface area (Å²) in [6.45, 7) is 4.18. The molecule has 0 fully saturated rings. The van der Waals surface area contributed by atoms with Crippen LogP contribution in [-0.4, -0.2) is 4.98 Å². The van der Waals surface area contributed by atoms with Crippen molar-refractivity contribution in [1.29, 1.82) is 0 Å². The molecule has 0 aliphatic rings. The van der Waals surface area contributed by atoms with Gasteiger partial charge >= 0.3 is 0 Å². The summed E-state index contributed by atoms with van der Waals surface area (Å²) in [7, 11) is 0. The van der Waals surface area contributed by atoms with Gasteiger partial charge in [-0.15, -0.1) is 11.3 Å². The Morgan fingerprint density at radius 1 is 1.09 bits per heavy atom. The molecule has 0 bridgehead atoms. The van der Waals surface area contributed by atoms with Crippen LogP contribution in [0.5, 0.6) is 0 Å². The zero-order valence-corrected chi connectivity index (χ0v) is 15.6. The predicted molar refractivity (Wildman–Crippen MR) is 98.9 cm³/mol. The third kappa shape index (κ3) is 3.61. The Bertz CT molecular complexity index is 873. The first-order valence-corrected chi connectivity index (χ1v) is 9.05. The summed E-state index contributed by atoms with van der Waals surface area (Å²) < 4.78 is 28.1. The van der Waals surface area contributed by atoms with Crippen molar-refractivity contribution in [1.82, 2.24) is 4.98 Å². The molecule has 0 unspecified atom stereocenters. The molecule has 1 heterocycles. The van der Waals surface area contributed by atoms with Crippen LogP contribution in [-0.2, 0) is 6.42 Å². The molecule has 0 atom stereocenters. The van der Waals surface area contributed by atoms with Gasteiger partial charge in [0, 0.05) is 27.0 Å². The smallest absolute Gasteiger partial charge is 0.136 e. The highest BCUT2D eigenvalue weighted by Gasteiger charge is 2.12. The number of rotatable bonds is 3. The Morgan fingerprint density at radius 3 is 2.61 bits per heavy atom. The van der Waals surface area contributed by atoms with E-state index in [2.05, 4.69) is 53.6 Å². The fourth-order valence-electron chi connectivity index (χ4n) is 2.40. The van der Waals surface area contributed by atoms with Gasteiger partial charge in [0.25, 0.3) is 0 Å². The molecule has 0 aliphatic heterocycles. The van der Waals surface area contributed by atoms with Crippen molar-refractivity contribution in [2.75, 3.05) is 0 Å². The van der Waals surface area contributed by atoms with Gasteiger partial charge in [0.15, 0.2) is 0 Å². The van der Waals surface area contributed by atoms with Crippen LogP contribution in [0.2, 0.25) is 0 Å². The van der Waals surface area contributed by atoms with Crippen LogP contribution in [0.25, 0.3) is 10.6 Å². The number of benzene rings is 2. The number of aryl methyl sites for hydroxylation is 2. The lowest BCUT2D eigenvalue weighted by molar-refractivity contribution is 0.585. The number of aromatic nitrogens is 1. The standard InChI is InChI=1S/C18H14F2INS/c1-10-6-17(21)11(2)5-12(10)7-14-9-23-18(22-14)15-4-3-13(19)8-16(15)20/h3-6,8-9H,7H2,1-2H3. The summed E-state index contributed by atoms with van der Waals surface area (Å²) in [5.41, 5.74) is 4.93. The lowest BCUT2D eigenvalue weighted by Crippen LogP contribution is -1.95. The minimum Gasteiger partial charge on any atom is -0.241 e. The molecule has 3 rings (SSSR count). The maximum atomic E-state index is 13.9. The minimum absolute atomic E-state index is 0.346. The summed E-state index contributed by atoms with van der Waals surface area (Å²) in [5.74, 6) is -1.15. The second-order valence-electron chi connectivity index (χ2n) is 5.47. The Hall–Kier alpha value is -1.34. The summed E-state index contributed by atoms with van der Waals surface area (Å²) in [6.07, 6.45) is 0.711. The quantitative estimate of drug-likeness (QED) is 0.462. The number of halogens is 3. The van der Waals surface area contributed by atoms with E-state index < -0.39 is 11.6 Å². The Balaban J connectivity index is 1.89. The number of nitrogens with zero attached hydrogens (tertiary/aromatic N) is 1. The third-order valence-electron chi connectivity index (χ3n) is 3.70. The Kier molecular flexibility index (Phi) is 4.77. The number of hydrogen-bond acceptors (Lipinski definition) is 2. The summed E-state index contributed by atoms with van der Waals surface area (Å²) in [4.78, 5) is 4.51. The number of thiazole rings is 1. The molecule has 5 heteroatoms. The molecule has 3 aromatic rings. The van der Waals surface area contributed by atoms with E-state index in [1.54, 1.807) is 0 Å². The van der Waals surface area contributed by atoms with E-state index >= 15 is 0 Å². The van der Waals surface area contributed by atoms with Crippen molar-refractivity contribution in [3.05, 3.63) is 73.3 Å². The van der Waals surface area contributed by atoms with Crippen molar-refractivity contribution in [3.63, 3.8) is 0 Å². The average molecular weight is 441 g/mol. The van der Waals surface area contributed by atoms with Crippen molar-refractivity contribution in [3.8, 4) is 10.6 Å². The SMILES string of the molecule is Cc1cc(Cc2csc(-c3ccc(F)cc3F)n2)c(C)cc1I. The first kappa shape index (κ1) is 16.5. The molecule has 2 aromatic carbocycles. The predicted octanol–water partition coefficient (Wildman–Crippen LogP) is 5.90. The molecule has 118 valence electrons. The van der Waals surface area contributed by atoms with Gasteiger partial charge in [-0.2, -0.15) is 0 Å². The van der Waals surface area contributed by atoms with Crippen LogP contribution >= 0.6 is 33.9 Å². The Labute approximate surface area is 151 Å². The molecule has 0 aliphatic carbocycles. The van der Waals surface area contributed by atoms with E-state index in [4.69, 9.17) is 0 Å². The van der Waals surface area contributed by atoms with E-state index in [0.29, 0.717) is 17.0 Å². The highest BCUT2D eigenvalue weighted by Crippen LogP contribution is 2.28. The van der Waals surface area contributed by atoms with E-state index in [1.165, 1.54) is 43.7 Å². The molecule has 23 heavy (non-hydrogen) atoms. The molecule has 0 saturated carbocycles. The molecular formula is C18H14F2INS. The molecule has 0 N–H and O–H groups in total. The Morgan fingerprint density at radius 2 is 1.87 bits per heavy atom. The van der Waals surface area contributed by atoms with Gasteiger partial charge in [0.05, 0.1) is 5.69 Å².